The third kappa shape index (κ3) is 5.03. The lowest BCUT2D eigenvalue weighted by Crippen LogP contribution is -2.41. The number of thiazole rings is 1. The van der Waals surface area contributed by atoms with Gasteiger partial charge in [-0.3, -0.25) is 14.9 Å². The number of nitrogens with one attached hydrogen (secondary N) is 1. The number of aliphatic hydroxyl groups is 1. The molecule has 0 saturated carbocycles. The maximum Gasteiger partial charge on any atom is 0.284 e. The molecule has 1 amide bonds. The van der Waals surface area contributed by atoms with Crippen LogP contribution in [0.15, 0.2) is 32.8 Å². The first-order valence-electron chi connectivity index (χ1n) is 8.15. The number of carbonyl (C=O) groups excluding carboxylic acids is 1. The van der Waals surface area contributed by atoms with E-state index in [1.165, 1.54) is 29.2 Å². The molecule has 2 rings (SSSR count). The second-order valence-electron chi connectivity index (χ2n) is 5.94. The van der Waals surface area contributed by atoms with Gasteiger partial charge in [0.25, 0.3) is 11.6 Å². The number of nitro groups is 1. The minimum Gasteiger partial charge on any atom is -0.394 e. The van der Waals surface area contributed by atoms with Crippen LogP contribution in [-0.2, 0) is 0 Å². The molecular weight excluding hydrogens is 374 g/mol. The molecule has 1 aromatic carbocycles. The van der Waals surface area contributed by atoms with E-state index in [4.69, 9.17) is 0 Å². The summed E-state index contributed by atoms with van der Waals surface area (Å²) >= 11 is 2.62. The SMILES string of the molecule is CC[C@H](C)[C@@H](CO)NC(=O)c1ccc(Sc2nc(C)cs2)c([N+](=O)[O-])c1. The summed E-state index contributed by atoms with van der Waals surface area (Å²) in [6.07, 6.45) is 0.800. The van der Waals surface area contributed by atoms with Gasteiger partial charge in [0, 0.05) is 22.7 Å². The summed E-state index contributed by atoms with van der Waals surface area (Å²) in [7, 11) is 0. The van der Waals surface area contributed by atoms with Crippen molar-refractivity contribution in [3.8, 4) is 0 Å². The van der Waals surface area contributed by atoms with E-state index in [1.807, 2.05) is 26.2 Å². The van der Waals surface area contributed by atoms with Gasteiger partial charge in [0.15, 0.2) is 4.34 Å². The van der Waals surface area contributed by atoms with Crippen LogP contribution < -0.4 is 5.32 Å². The van der Waals surface area contributed by atoms with Crippen molar-refractivity contribution < 1.29 is 14.8 Å². The normalized spacial score (nSPS) is 13.2. The van der Waals surface area contributed by atoms with Gasteiger partial charge in [0.2, 0.25) is 0 Å². The van der Waals surface area contributed by atoms with Gasteiger partial charge < -0.3 is 10.4 Å². The van der Waals surface area contributed by atoms with Gasteiger partial charge in [-0.05, 0) is 25.0 Å². The van der Waals surface area contributed by atoms with Crippen molar-refractivity contribution >= 4 is 34.7 Å². The lowest BCUT2D eigenvalue weighted by molar-refractivity contribution is -0.387. The highest BCUT2D eigenvalue weighted by atomic mass is 32.2. The summed E-state index contributed by atoms with van der Waals surface area (Å²) in [5.74, 6) is -0.337. The number of nitro benzene ring substituents is 1. The van der Waals surface area contributed by atoms with Gasteiger partial charge in [-0.2, -0.15) is 0 Å². The van der Waals surface area contributed by atoms with Gasteiger partial charge in [-0.1, -0.05) is 32.0 Å². The maximum absolute atomic E-state index is 12.4. The predicted molar refractivity (Wildman–Crippen MR) is 102 cm³/mol. The van der Waals surface area contributed by atoms with Gasteiger partial charge in [-0.25, -0.2) is 4.98 Å². The predicted octanol–water partition coefficient (Wildman–Crippen LogP) is 3.65. The Morgan fingerprint density at radius 1 is 1.50 bits per heavy atom. The van der Waals surface area contributed by atoms with Crippen LogP contribution in [0.3, 0.4) is 0 Å². The van der Waals surface area contributed by atoms with Crippen LogP contribution in [0.25, 0.3) is 0 Å². The molecule has 0 unspecified atom stereocenters. The Bertz CT molecular complexity index is 794. The zero-order chi connectivity index (χ0) is 19.3. The molecule has 140 valence electrons. The molecule has 0 spiro atoms. The lowest BCUT2D eigenvalue weighted by Gasteiger charge is -2.22. The molecule has 0 bridgehead atoms. The summed E-state index contributed by atoms with van der Waals surface area (Å²) in [6, 6.07) is 3.99. The lowest BCUT2D eigenvalue weighted by atomic mass is 9.99. The molecule has 0 aliphatic carbocycles. The Balaban J connectivity index is 2.24. The van der Waals surface area contributed by atoms with Crippen molar-refractivity contribution in [1.29, 1.82) is 0 Å². The summed E-state index contributed by atoms with van der Waals surface area (Å²) in [6.45, 7) is 5.58. The van der Waals surface area contributed by atoms with Gasteiger partial charge in [0.05, 0.1) is 22.5 Å². The Morgan fingerprint density at radius 2 is 2.23 bits per heavy atom. The van der Waals surface area contributed by atoms with E-state index in [1.54, 1.807) is 12.1 Å². The van der Waals surface area contributed by atoms with E-state index >= 15 is 0 Å². The molecule has 1 heterocycles. The molecule has 0 aliphatic rings. The van der Waals surface area contributed by atoms with Crippen molar-refractivity contribution in [3.63, 3.8) is 0 Å². The van der Waals surface area contributed by atoms with Crippen LogP contribution in [0.1, 0.15) is 36.3 Å². The zero-order valence-corrected chi connectivity index (χ0v) is 16.4. The van der Waals surface area contributed by atoms with Crippen LogP contribution >= 0.6 is 23.1 Å². The van der Waals surface area contributed by atoms with E-state index < -0.39 is 10.8 Å². The number of hydrogen-bond donors (Lipinski definition) is 2. The number of aromatic nitrogens is 1. The van der Waals surface area contributed by atoms with E-state index in [9.17, 15) is 20.0 Å². The van der Waals surface area contributed by atoms with E-state index in [0.717, 1.165) is 12.1 Å². The Morgan fingerprint density at radius 3 is 2.77 bits per heavy atom. The van der Waals surface area contributed by atoms with Crippen LogP contribution in [0.4, 0.5) is 5.69 Å². The number of carbonyl (C=O) groups is 1. The van der Waals surface area contributed by atoms with Crippen LogP contribution in [0.2, 0.25) is 0 Å². The average Bonchev–Trinajstić information content (AvgIpc) is 3.03. The van der Waals surface area contributed by atoms with Crippen LogP contribution in [0, 0.1) is 23.0 Å². The Labute approximate surface area is 160 Å². The largest absolute Gasteiger partial charge is 0.394 e. The second kappa shape index (κ2) is 9.11. The molecule has 7 nitrogen and oxygen atoms in total. The second-order valence-corrected chi connectivity index (χ2v) is 8.09. The maximum atomic E-state index is 12.4. The highest BCUT2D eigenvalue weighted by molar-refractivity contribution is 8.01. The molecule has 0 aliphatic heterocycles. The van der Waals surface area contributed by atoms with Crippen molar-refractivity contribution in [2.24, 2.45) is 5.92 Å². The standard InChI is InChI=1S/C17H21N3O4S2/c1-4-10(2)13(8-21)19-16(22)12-5-6-15(14(7-12)20(23)24)26-17-18-11(3)9-25-17/h5-7,9-10,13,21H,4,8H2,1-3H3,(H,19,22)/t10-,13+/m0/s1. The summed E-state index contributed by atoms with van der Waals surface area (Å²) in [5.41, 5.74) is 0.911. The van der Waals surface area contributed by atoms with Crippen LogP contribution in [-0.4, -0.2) is 33.6 Å². The Kier molecular flexibility index (Phi) is 7.13. The number of aryl methyl sites for hydroxylation is 1. The third-order valence-electron chi connectivity index (χ3n) is 4.06. The minimum absolute atomic E-state index is 0.0990. The molecule has 2 N–H and O–H groups in total. The van der Waals surface area contributed by atoms with Gasteiger partial charge in [-0.15, -0.1) is 11.3 Å². The molecule has 0 radical (unpaired) electrons. The Hall–Kier alpha value is -1.97. The molecule has 0 fully saturated rings. The molecule has 26 heavy (non-hydrogen) atoms. The van der Waals surface area contributed by atoms with Crippen LogP contribution in [0.5, 0.6) is 0 Å². The average molecular weight is 396 g/mol. The molecule has 2 atom stereocenters. The number of aliphatic hydroxyl groups excluding tert-OH is 1. The number of nitrogens with zero attached hydrogens (tertiary/aromatic N) is 2. The smallest absolute Gasteiger partial charge is 0.284 e. The summed E-state index contributed by atoms with van der Waals surface area (Å²) < 4.78 is 0.708. The number of hydrogen-bond acceptors (Lipinski definition) is 7. The highest BCUT2D eigenvalue weighted by Gasteiger charge is 2.22. The summed E-state index contributed by atoms with van der Waals surface area (Å²) in [4.78, 5) is 28.1. The molecular formula is C17H21N3O4S2. The van der Waals surface area contributed by atoms with Crippen molar-refractivity contribution in [2.45, 2.75) is 42.5 Å². The first kappa shape index (κ1) is 20.3. The minimum atomic E-state index is -0.502. The van der Waals surface area contributed by atoms with E-state index in [0.29, 0.717) is 9.24 Å². The number of benzene rings is 1. The molecule has 1 aromatic heterocycles. The zero-order valence-electron chi connectivity index (χ0n) is 14.8. The fraction of sp³-hybridized carbons (Fsp3) is 0.412. The first-order chi connectivity index (χ1) is 12.3. The van der Waals surface area contributed by atoms with E-state index in [2.05, 4.69) is 10.3 Å². The quantitative estimate of drug-likeness (QED) is 0.522. The molecule has 2 aromatic rings. The van der Waals surface area contributed by atoms with Crippen molar-refractivity contribution in [2.75, 3.05) is 6.61 Å². The first-order valence-corrected chi connectivity index (χ1v) is 9.85. The highest BCUT2D eigenvalue weighted by Crippen LogP contribution is 2.36. The fourth-order valence-electron chi connectivity index (χ4n) is 2.27. The molecule has 0 saturated heterocycles. The van der Waals surface area contributed by atoms with Gasteiger partial charge in [0.1, 0.15) is 0 Å². The van der Waals surface area contributed by atoms with Crippen molar-refractivity contribution in [1.82, 2.24) is 10.3 Å². The van der Waals surface area contributed by atoms with Crippen molar-refractivity contribution in [3.05, 3.63) is 45.0 Å². The number of rotatable bonds is 8. The number of amides is 1. The summed E-state index contributed by atoms with van der Waals surface area (Å²) in [5, 5.41) is 25.5. The fourth-order valence-corrected chi connectivity index (χ4v) is 4.14. The topological polar surface area (TPSA) is 105 Å². The van der Waals surface area contributed by atoms with E-state index in [-0.39, 0.29) is 29.8 Å². The van der Waals surface area contributed by atoms with Gasteiger partial charge >= 0.3 is 0 Å². The molecule has 9 heteroatoms. The monoisotopic (exact) mass is 395 g/mol. The third-order valence-corrected chi connectivity index (χ3v) is 6.18.